The summed E-state index contributed by atoms with van der Waals surface area (Å²) in [5.74, 6) is -0.767. The molecule has 2 rings (SSSR count). The lowest BCUT2D eigenvalue weighted by molar-refractivity contribution is -0.166. The summed E-state index contributed by atoms with van der Waals surface area (Å²) in [5, 5.41) is 0. The lowest BCUT2D eigenvalue weighted by atomic mass is 9.73. The number of allylic oxidation sites excluding steroid dienone is 1. The molecule has 6 nitrogen and oxygen atoms in total. The molecule has 0 radical (unpaired) electrons. The van der Waals surface area contributed by atoms with E-state index in [0.717, 1.165) is 19.5 Å². The van der Waals surface area contributed by atoms with Gasteiger partial charge < -0.3 is 9.64 Å². The van der Waals surface area contributed by atoms with E-state index in [4.69, 9.17) is 4.74 Å². The number of likely N-dealkylation sites (tertiary alicyclic amines) is 1. The first-order valence-corrected chi connectivity index (χ1v) is 9.20. The van der Waals surface area contributed by atoms with Crippen molar-refractivity contribution in [3.63, 3.8) is 0 Å². The predicted octanol–water partition coefficient (Wildman–Crippen LogP) is 2.00. The average Bonchev–Trinajstić information content (AvgIpc) is 2.32. The average molecular weight is 343 g/mol. The zero-order chi connectivity index (χ0) is 17.5. The van der Waals surface area contributed by atoms with Crippen LogP contribution < -0.4 is 0 Å². The summed E-state index contributed by atoms with van der Waals surface area (Å²) >= 11 is 0. The molecule has 2 atom stereocenters. The number of carbonyl (C=O) groups excluding carboxylic acids is 1. The Morgan fingerprint density at radius 1 is 1.43 bits per heavy atom. The monoisotopic (exact) mass is 343 g/mol. The summed E-state index contributed by atoms with van der Waals surface area (Å²) in [7, 11) is -4.29. The quantitative estimate of drug-likeness (QED) is 0.621. The second kappa shape index (κ2) is 6.03. The molecule has 2 aliphatic rings. The highest BCUT2D eigenvalue weighted by Crippen LogP contribution is 2.39. The molecule has 0 amide bonds. The van der Waals surface area contributed by atoms with Gasteiger partial charge in [0.1, 0.15) is 5.60 Å². The van der Waals surface area contributed by atoms with Crippen LogP contribution in [-0.2, 0) is 19.6 Å². The van der Waals surface area contributed by atoms with E-state index in [0.29, 0.717) is 6.54 Å². The largest absolute Gasteiger partial charge is 0.459 e. The van der Waals surface area contributed by atoms with Crippen LogP contribution in [-0.4, -0.2) is 49.1 Å². The van der Waals surface area contributed by atoms with Crippen LogP contribution in [0, 0.1) is 11.3 Å². The van der Waals surface area contributed by atoms with Crippen LogP contribution in [0.3, 0.4) is 0 Å². The molecule has 1 unspecified atom stereocenters. The molecular formula is C16H25NO5S. The first kappa shape index (κ1) is 18.2. The summed E-state index contributed by atoms with van der Waals surface area (Å²) in [6.07, 6.45) is 5.39. The predicted molar refractivity (Wildman–Crippen MR) is 87.3 cm³/mol. The second-order valence-corrected chi connectivity index (χ2v) is 8.84. The fourth-order valence-electron chi connectivity index (χ4n) is 2.67. The molecule has 0 aromatic heterocycles. The molecule has 0 aromatic carbocycles. The Balaban J connectivity index is 2.31. The molecule has 1 N–H and O–H groups in total. The van der Waals surface area contributed by atoms with E-state index < -0.39 is 27.1 Å². The van der Waals surface area contributed by atoms with Gasteiger partial charge in [0.25, 0.3) is 10.1 Å². The third kappa shape index (κ3) is 4.22. The van der Waals surface area contributed by atoms with Gasteiger partial charge in [-0.2, -0.15) is 8.42 Å². The molecule has 0 spiro atoms. The van der Waals surface area contributed by atoms with Crippen LogP contribution in [0.2, 0.25) is 0 Å². The highest BCUT2D eigenvalue weighted by atomic mass is 32.2. The summed E-state index contributed by atoms with van der Waals surface area (Å²) < 4.78 is 37.6. The topological polar surface area (TPSA) is 83.9 Å². The number of hydrogen-bond acceptors (Lipinski definition) is 5. The van der Waals surface area contributed by atoms with Crippen molar-refractivity contribution in [2.45, 2.75) is 39.7 Å². The van der Waals surface area contributed by atoms with Gasteiger partial charge in [0.05, 0.1) is 10.3 Å². The smallest absolute Gasteiger partial charge is 0.316 e. The van der Waals surface area contributed by atoms with E-state index >= 15 is 0 Å². The standard InChI is InChI=1S/C16H25NO5S/c1-15(2,3)22-14(18)16(4)7-6-13(23(19,20)21)10-12(16)11-17-8-5-9-17/h6-7,10,12H,5,8-9,11H2,1-4H3,(H,19,20,21)/t12-,16?/m1/s1. The van der Waals surface area contributed by atoms with Crippen LogP contribution >= 0.6 is 0 Å². The number of ether oxygens (including phenoxy) is 1. The van der Waals surface area contributed by atoms with Crippen LogP contribution in [0.5, 0.6) is 0 Å². The summed E-state index contributed by atoms with van der Waals surface area (Å²) in [6.45, 7) is 9.55. The lowest BCUT2D eigenvalue weighted by Gasteiger charge is -2.41. The Bertz CT molecular complexity index is 640. The van der Waals surface area contributed by atoms with Crippen LogP contribution in [0.1, 0.15) is 34.1 Å². The minimum Gasteiger partial charge on any atom is -0.459 e. The Labute approximate surface area is 137 Å². The molecule has 1 aliphatic carbocycles. The van der Waals surface area contributed by atoms with Crippen molar-refractivity contribution in [1.82, 2.24) is 4.90 Å². The molecule has 0 aromatic rings. The normalized spacial score (nSPS) is 28.9. The zero-order valence-electron chi connectivity index (χ0n) is 14.1. The maximum atomic E-state index is 12.7. The van der Waals surface area contributed by atoms with Crippen LogP contribution in [0.15, 0.2) is 23.1 Å². The first-order valence-electron chi connectivity index (χ1n) is 7.76. The van der Waals surface area contributed by atoms with Gasteiger partial charge in [0.15, 0.2) is 0 Å². The molecule has 1 saturated heterocycles. The lowest BCUT2D eigenvalue weighted by Crippen LogP contribution is -2.48. The molecule has 1 fully saturated rings. The zero-order valence-corrected chi connectivity index (χ0v) is 14.9. The Kier molecular flexibility index (Phi) is 4.76. The fourth-order valence-corrected chi connectivity index (χ4v) is 3.25. The van der Waals surface area contributed by atoms with Crippen molar-refractivity contribution in [1.29, 1.82) is 0 Å². The van der Waals surface area contributed by atoms with Gasteiger partial charge in [-0.25, -0.2) is 0 Å². The summed E-state index contributed by atoms with van der Waals surface area (Å²) in [5.41, 5.74) is -1.58. The molecule has 1 aliphatic heterocycles. The van der Waals surface area contributed by atoms with E-state index in [9.17, 15) is 17.8 Å². The summed E-state index contributed by atoms with van der Waals surface area (Å²) in [6, 6.07) is 0. The van der Waals surface area contributed by atoms with Gasteiger partial charge in [0, 0.05) is 12.5 Å². The first-order chi connectivity index (χ1) is 10.4. The van der Waals surface area contributed by atoms with Gasteiger partial charge in [-0.1, -0.05) is 12.2 Å². The van der Waals surface area contributed by atoms with Crippen LogP contribution in [0.25, 0.3) is 0 Å². The number of nitrogens with zero attached hydrogens (tertiary/aromatic N) is 1. The van der Waals surface area contributed by atoms with Gasteiger partial charge in [0.2, 0.25) is 0 Å². The van der Waals surface area contributed by atoms with E-state index in [1.54, 1.807) is 27.7 Å². The van der Waals surface area contributed by atoms with E-state index in [2.05, 4.69) is 4.90 Å². The highest BCUT2D eigenvalue weighted by Gasteiger charge is 2.44. The van der Waals surface area contributed by atoms with Crippen molar-refractivity contribution < 1.29 is 22.5 Å². The SMILES string of the molecule is CC(C)(C)OC(=O)C1(C)C=CC(S(=O)(=O)O)=C[C@@H]1CN1CCC1. The minimum absolute atomic E-state index is 0.163. The number of hydrogen-bond donors (Lipinski definition) is 1. The molecule has 7 heteroatoms. The van der Waals surface area contributed by atoms with Crippen molar-refractivity contribution in [2.24, 2.45) is 11.3 Å². The molecule has 0 saturated carbocycles. The van der Waals surface area contributed by atoms with Gasteiger partial charge >= 0.3 is 5.97 Å². The molecular weight excluding hydrogens is 318 g/mol. The second-order valence-electron chi connectivity index (χ2n) is 7.42. The maximum Gasteiger partial charge on any atom is 0.316 e. The Hall–Kier alpha value is -1.18. The molecule has 130 valence electrons. The number of rotatable bonds is 4. The summed E-state index contributed by atoms with van der Waals surface area (Å²) in [4.78, 5) is 14.7. The maximum absolute atomic E-state index is 12.7. The minimum atomic E-state index is -4.29. The molecule has 23 heavy (non-hydrogen) atoms. The Morgan fingerprint density at radius 2 is 2.04 bits per heavy atom. The van der Waals surface area contributed by atoms with Gasteiger partial charge in [-0.05, 0) is 53.3 Å². The van der Waals surface area contributed by atoms with E-state index in [1.165, 1.54) is 18.2 Å². The third-order valence-electron chi connectivity index (χ3n) is 4.27. The van der Waals surface area contributed by atoms with Crippen LogP contribution in [0.4, 0.5) is 0 Å². The van der Waals surface area contributed by atoms with E-state index in [-0.39, 0.29) is 10.8 Å². The van der Waals surface area contributed by atoms with Crippen molar-refractivity contribution >= 4 is 16.1 Å². The molecule has 0 bridgehead atoms. The van der Waals surface area contributed by atoms with Crippen molar-refractivity contribution in [3.05, 3.63) is 23.1 Å². The van der Waals surface area contributed by atoms with E-state index in [1.807, 2.05) is 0 Å². The van der Waals surface area contributed by atoms with Gasteiger partial charge in [-0.15, -0.1) is 0 Å². The third-order valence-corrected chi connectivity index (χ3v) is 5.14. The Morgan fingerprint density at radius 3 is 2.48 bits per heavy atom. The highest BCUT2D eigenvalue weighted by molar-refractivity contribution is 7.90. The van der Waals surface area contributed by atoms with Crippen molar-refractivity contribution in [3.8, 4) is 0 Å². The van der Waals surface area contributed by atoms with Crippen molar-refractivity contribution in [2.75, 3.05) is 19.6 Å². The number of carbonyl (C=O) groups is 1. The van der Waals surface area contributed by atoms with Gasteiger partial charge in [-0.3, -0.25) is 9.35 Å². The number of esters is 1. The molecule has 1 heterocycles. The fraction of sp³-hybridized carbons (Fsp3) is 0.688.